The second-order valence-electron chi connectivity index (χ2n) is 4.78. The third-order valence-electron chi connectivity index (χ3n) is 3.15. The van der Waals surface area contributed by atoms with Gasteiger partial charge in [0.15, 0.2) is 5.17 Å². The maximum atomic E-state index is 4.67. The maximum absolute atomic E-state index is 4.67. The number of hydrogen-bond acceptors (Lipinski definition) is 3. The van der Waals surface area contributed by atoms with Crippen LogP contribution < -0.4 is 5.32 Å². The van der Waals surface area contributed by atoms with E-state index in [-0.39, 0.29) is 0 Å². The molecule has 0 amide bonds. The summed E-state index contributed by atoms with van der Waals surface area (Å²) < 4.78 is 0. The van der Waals surface area contributed by atoms with E-state index in [0.29, 0.717) is 11.3 Å². The van der Waals surface area contributed by atoms with E-state index in [1.165, 1.54) is 13.0 Å². The lowest BCUT2D eigenvalue weighted by Gasteiger charge is -2.27. The summed E-state index contributed by atoms with van der Waals surface area (Å²) >= 11 is 1.89. The van der Waals surface area contributed by atoms with Crippen LogP contribution in [0.25, 0.3) is 0 Å². The van der Waals surface area contributed by atoms with Crippen LogP contribution in [0.15, 0.2) is 4.99 Å². The van der Waals surface area contributed by atoms with Crippen LogP contribution in [0.5, 0.6) is 0 Å². The first-order chi connectivity index (χ1) is 8.15. The molecular weight excluding hydrogens is 230 g/mol. The van der Waals surface area contributed by atoms with Crippen LogP contribution in [0.1, 0.15) is 40.5 Å². The highest BCUT2D eigenvalue weighted by Gasteiger charge is 2.19. The van der Waals surface area contributed by atoms with Gasteiger partial charge in [0.05, 0.1) is 0 Å². The van der Waals surface area contributed by atoms with Crippen LogP contribution in [0.3, 0.4) is 0 Å². The first-order valence-corrected chi connectivity index (χ1v) is 7.73. The second-order valence-corrected chi connectivity index (χ2v) is 6.20. The predicted octanol–water partition coefficient (Wildman–Crippen LogP) is 2.58. The molecule has 0 aromatic rings. The SMILES string of the molecule is CCN(CC)CCCN=C1NC(C)CC(C)S1. The fourth-order valence-corrected chi connectivity index (χ4v) is 3.34. The summed E-state index contributed by atoms with van der Waals surface area (Å²) in [6.45, 7) is 13.4. The molecule has 1 rings (SSSR count). The van der Waals surface area contributed by atoms with Crippen molar-refractivity contribution in [2.45, 2.75) is 51.8 Å². The van der Waals surface area contributed by atoms with Crippen molar-refractivity contribution in [2.24, 2.45) is 4.99 Å². The van der Waals surface area contributed by atoms with Crippen LogP contribution in [0.4, 0.5) is 0 Å². The van der Waals surface area contributed by atoms with E-state index < -0.39 is 0 Å². The van der Waals surface area contributed by atoms with Gasteiger partial charge in [0, 0.05) is 17.8 Å². The normalized spacial score (nSPS) is 27.5. The molecule has 100 valence electrons. The average molecular weight is 257 g/mol. The van der Waals surface area contributed by atoms with Crippen molar-refractivity contribution in [3.63, 3.8) is 0 Å². The molecule has 0 aromatic carbocycles. The summed E-state index contributed by atoms with van der Waals surface area (Å²) in [6.07, 6.45) is 2.40. The molecule has 2 atom stereocenters. The molecule has 1 aliphatic heterocycles. The highest BCUT2D eigenvalue weighted by atomic mass is 32.2. The van der Waals surface area contributed by atoms with Gasteiger partial charge in [-0.3, -0.25) is 4.99 Å². The summed E-state index contributed by atoms with van der Waals surface area (Å²) in [7, 11) is 0. The van der Waals surface area contributed by atoms with E-state index in [0.717, 1.165) is 31.2 Å². The van der Waals surface area contributed by atoms with Crippen LogP contribution in [-0.2, 0) is 0 Å². The van der Waals surface area contributed by atoms with Crippen molar-refractivity contribution in [1.29, 1.82) is 0 Å². The molecule has 0 aromatic heterocycles. The number of amidine groups is 1. The lowest BCUT2D eigenvalue weighted by atomic mass is 10.2. The number of nitrogens with zero attached hydrogens (tertiary/aromatic N) is 2. The van der Waals surface area contributed by atoms with E-state index in [9.17, 15) is 0 Å². The molecule has 1 saturated heterocycles. The Morgan fingerprint density at radius 2 is 2.06 bits per heavy atom. The number of rotatable bonds is 6. The minimum Gasteiger partial charge on any atom is -0.362 e. The third-order valence-corrected chi connectivity index (χ3v) is 4.22. The van der Waals surface area contributed by atoms with Crippen molar-refractivity contribution < 1.29 is 0 Å². The Morgan fingerprint density at radius 1 is 1.35 bits per heavy atom. The highest BCUT2D eigenvalue weighted by Crippen LogP contribution is 2.22. The first kappa shape index (κ1) is 14.8. The zero-order chi connectivity index (χ0) is 12.7. The second kappa shape index (κ2) is 7.98. The summed E-state index contributed by atoms with van der Waals surface area (Å²) in [5.41, 5.74) is 0. The average Bonchev–Trinajstić information content (AvgIpc) is 2.28. The van der Waals surface area contributed by atoms with E-state index in [2.05, 4.69) is 42.9 Å². The van der Waals surface area contributed by atoms with Crippen molar-refractivity contribution in [1.82, 2.24) is 10.2 Å². The van der Waals surface area contributed by atoms with Gasteiger partial charge in [-0.2, -0.15) is 0 Å². The molecule has 2 unspecified atom stereocenters. The fourth-order valence-electron chi connectivity index (χ4n) is 2.14. The maximum Gasteiger partial charge on any atom is 0.157 e. The van der Waals surface area contributed by atoms with Crippen molar-refractivity contribution >= 4 is 16.9 Å². The zero-order valence-electron chi connectivity index (χ0n) is 11.7. The Labute approximate surface area is 110 Å². The molecular formula is C13H27N3S. The smallest absolute Gasteiger partial charge is 0.157 e. The topological polar surface area (TPSA) is 27.6 Å². The van der Waals surface area contributed by atoms with Crippen molar-refractivity contribution in [3.05, 3.63) is 0 Å². The van der Waals surface area contributed by atoms with Crippen molar-refractivity contribution in [2.75, 3.05) is 26.2 Å². The molecule has 0 spiro atoms. The van der Waals surface area contributed by atoms with E-state index in [1.807, 2.05) is 11.8 Å². The van der Waals surface area contributed by atoms with Gasteiger partial charge in [-0.1, -0.05) is 32.5 Å². The van der Waals surface area contributed by atoms with Crippen LogP contribution in [0, 0.1) is 0 Å². The van der Waals surface area contributed by atoms with Crippen LogP contribution in [0.2, 0.25) is 0 Å². The molecule has 0 bridgehead atoms. The highest BCUT2D eigenvalue weighted by molar-refractivity contribution is 8.14. The van der Waals surface area contributed by atoms with Gasteiger partial charge >= 0.3 is 0 Å². The molecule has 1 aliphatic rings. The van der Waals surface area contributed by atoms with Crippen LogP contribution >= 0.6 is 11.8 Å². The van der Waals surface area contributed by atoms with Gasteiger partial charge in [0.25, 0.3) is 0 Å². The van der Waals surface area contributed by atoms with Crippen LogP contribution in [-0.4, -0.2) is 47.5 Å². The van der Waals surface area contributed by atoms with Gasteiger partial charge in [-0.05, 0) is 39.4 Å². The zero-order valence-corrected chi connectivity index (χ0v) is 12.5. The van der Waals surface area contributed by atoms with Gasteiger partial charge in [-0.15, -0.1) is 0 Å². The molecule has 17 heavy (non-hydrogen) atoms. The monoisotopic (exact) mass is 257 g/mol. The standard InChI is InChI=1S/C13H27N3S/c1-5-16(6-2)9-7-8-14-13-15-11(3)10-12(4)17-13/h11-12H,5-10H2,1-4H3,(H,14,15). The molecule has 1 N–H and O–H groups in total. The predicted molar refractivity (Wildman–Crippen MR) is 79.0 cm³/mol. The molecule has 4 heteroatoms. The summed E-state index contributed by atoms with van der Waals surface area (Å²) in [5, 5.41) is 5.31. The molecule has 0 aliphatic carbocycles. The van der Waals surface area contributed by atoms with Gasteiger partial charge in [0.1, 0.15) is 0 Å². The van der Waals surface area contributed by atoms with E-state index in [4.69, 9.17) is 0 Å². The van der Waals surface area contributed by atoms with Gasteiger partial charge < -0.3 is 10.2 Å². The van der Waals surface area contributed by atoms with Gasteiger partial charge in [0.2, 0.25) is 0 Å². The molecule has 1 fully saturated rings. The first-order valence-electron chi connectivity index (χ1n) is 6.85. The Bertz CT molecular complexity index is 227. The van der Waals surface area contributed by atoms with Gasteiger partial charge in [-0.25, -0.2) is 0 Å². The lowest BCUT2D eigenvalue weighted by molar-refractivity contribution is 0.302. The molecule has 0 saturated carbocycles. The van der Waals surface area contributed by atoms with Crippen molar-refractivity contribution in [3.8, 4) is 0 Å². The minimum atomic E-state index is 0.577. The largest absolute Gasteiger partial charge is 0.362 e. The fraction of sp³-hybridized carbons (Fsp3) is 0.923. The Morgan fingerprint density at radius 3 is 2.65 bits per heavy atom. The Hall–Kier alpha value is -0.220. The Balaban J connectivity index is 2.23. The number of nitrogens with one attached hydrogen (secondary N) is 1. The lowest BCUT2D eigenvalue weighted by Crippen LogP contribution is -2.38. The molecule has 3 nitrogen and oxygen atoms in total. The van der Waals surface area contributed by atoms with E-state index >= 15 is 0 Å². The third kappa shape index (κ3) is 5.77. The number of hydrogen-bond donors (Lipinski definition) is 1. The quantitative estimate of drug-likeness (QED) is 0.741. The summed E-state index contributed by atoms with van der Waals surface area (Å²) in [4.78, 5) is 7.12. The summed E-state index contributed by atoms with van der Waals surface area (Å²) in [5.74, 6) is 0. The minimum absolute atomic E-state index is 0.577. The summed E-state index contributed by atoms with van der Waals surface area (Å²) in [6, 6.07) is 0.577. The number of thioether (sulfide) groups is 1. The number of aliphatic imine (C=N–C) groups is 1. The Kier molecular flexibility index (Phi) is 6.97. The van der Waals surface area contributed by atoms with E-state index in [1.54, 1.807) is 0 Å². The molecule has 0 radical (unpaired) electrons. The molecule has 1 heterocycles.